The summed E-state index contributed by atoms with van der Waals surface area (Å²) < 4.78 is 0. The summed E-state index contributed by atoms with van der Waals surface area (Å²) >= 11 is 0. The summed E-state index contributed by atoms with van der Waals surface area (Å²) in [7, 11) is 0. The molecule has 1 aromatic carbocycles. The molecular formula is C13H14O. The summed E-state index contributed by atoms with van der Waals surface area (Å²) in [5.41, 5.74) is 3.04. The zero-order valence-electron chi connectivity index (χ0n) is 8.15. The van der Waals surface area contributed by atoms with Crippen LogP contribution in [-0.4, -0.2) is 6.29 Å². The molecule has 1 aromatic rings. The van der Waals surface area contributed by atoms with Gasteiger partial charge in [-0.3, -0.25) is 0 Å². The van der Waals surface area contributed by atoms with Crippen LogP contribution in [0, 0.1) is 11.8 Å². The molecule has 3 atom stereocenters. The molecule has 0 bridgehead atoms. The summed E-state index contributed by atoms with van der Waals surface area (Å²) in [6, 6.07) is 8.73. The van der Waals surface area contributed by atoms with E-state index in [9.17, 15) is 4.79 Å². The predicted molar refractivity (Wildman–Crippen MR) is 55.2 cm³/mol. The predicted octanol–water partition coefficient (Wildman–Crippen LogP) is 2.55. The van der Waals surface area contributed by atoms with Crippen LogP contribution < -0.4 is 0 Å². The zero-order chi connectivity index (χ0) is 9.54. The quantitative estimate of drug-likeness (QED) is 0.649. The largest absolute Gasteiger partial charge is 0.303 e. The van der Waals surface area contributed by atoms with Gasteiger partial charge in [0.25, 0.3) is 0 Å². The monoisotopic (exact) mass is 186 g/mol. The highest BCUT2D eigenvalue weighted by atomic mass is 16.1. The van der Waals surface area contributed by atoms with Crippen molar-refractivity contribution in [2.75, 3.05) is 0 Å². The van der Waals surface area contributed by atoms with Crippen LogP contribution in [0.2, 0.25) is 0 Å². The molecule has 2 aliphatic carbocycles. The summed E-state index contributed by atoms with van der Waals surface area (Å²) in [5, 5.41) is 0. The maximum atomic E-state index is 10.5. The first-order chi connectivity index (χ1) is 6.92. The molecule has 3 unspecified atom stereocenters. The van der Waals surface area contributed by atoms with Gasteiger partial charge < -0.3 is 4.79 Å². The molecule has 0 N–H and O–H groups in total. The minimum atomic E-state index is 0.663. The number of rotatable bonds is 2. The van der Waals surface area contributed by atoms with E-state index >= 15 is 0 Å². The Bertz CT molecular complexity index is 369. The number of hydrogen-bond donors (Lipinski definition) is 0. The fourth-order valence-electron chi connectivity index (χ4n) is 3.14. The third kappa shape index (κ3) is 1.05. The summed E-state index contributed by atoms with van der Waals surface area (Å²) in [5.74, 6) is 2.19. The lowest BCUT2D eigenvalue weighted by Gasteiger charge is -2.13. The van der Waals surface area contributed by atoms with E-state index in [1.807, 2.05) is 0 Å². The Morgan fingerprint density at radius 1 is 1.36 bits per heavy atom. The van der Waals surface area contributed by atoms with Crippen molar-refractivity contribution in [1.29, 1.82) is 0 Å². The number of carbonyl (C=O) groups is 1. The van der Waals surface area contributed by atoms with E-state index in [4.69, 9.17) is 0 Å². The minimum absolute atomic E-state index is 0.663. The highest BCUT2D eigenvalue weighted by molar-refractivity contribution is 5.53. The Kier molecular flexibility index (Phi) is 1.73. The smallest absolute Gasteiger partial charge is 0.120 e. The Morgan fingerprint density at radius 3 is 3.07 bits per heavy atom. The molecule has 1 nitrogen and oxygen atoms in total. The van der Waals surface area contributed by atoms with E-state index in [-0.39, 0.29) is 0 Å². The second-order valence-electron chi connectivity index (χ2n) is 4.49. The number of benzene rings is 1. The molecule has 1 heteroatoms. The fraction of sp³-hybridized carbons (Fsp3) is 0.462. The molecular weight excluding hydrogens is 172 g/mol. The van der Waals surface area contributed by atoms with Crippen molar-refractivity contribution >= 4 is 6.29 Å². The third-order valence-corrected chi connectivity index (χ3v) is 3.86. The van der Waals surface area contributed by atoms with Crippen molar-refractivity contribution in [2.45, 2.75) is 25.2 Å². The van der Waals surface area contributed by atoms with Crippen LogP contribution in [0.25, 0.3) is 0 Å². The molecule has 72 valence electrons. The standard InChI is InChI=1S/C13H14O/c14-8-7-12-11-6-5-9-3-1-2-4-10(9)13(11)12/h1-4,8,11-13H,5-7H2. The Morgan fingerprint density at radius 2 is 2.21 bits per heavy atom. The topological polar surface area (TPSA) is 17.1 Å². The van der Waals surface area contributed by atoms with Gasteiger partial charge in [0.05, 0.1) is 0 Å². The fourth-order valence-corrected chi connectivity index (χ4v) is 3.14. The maximum absolute atomic E-state index is 10.5. The molecule has 0 saturated heterocycles. The van der Waals surface area contributed by atoms with Crippen molar-refractivity contribution in [3.63, 3.8) is 0 Å². The van der Waals surface area contributed by atoms with Crippen LogP contribution in [0.4, 0.5) is 0 Å². The van der Waals surface area contributed by atoms with Gasteiger partial charge in [0, 0.05) is 6.42 Å². The van der Waals surface area contributed by atoms with Crippen molar-refractivity contribution in [2.24, 2.45) is 11.8 Å². The molecule has 0 amide bonds. The van der Waals surface area contributed by atoms with Gasteiger partial charge in [0.1, 0.15) is 6.29 Å². The van der Waals surface area contributed by atoms with Gasteiger partial charge in [-0.25, -0.2) is 0 Å². The zero-order valence-corrected chi connectivity index (χ0v) is 8.15. The second-order valence-corrected chi connectivity index (χ2v) is 4.49. The summed E-state index contributed by atoms with van der Waals surface area (Å²) in [4.78, 5) is 10.5. The third-order valence-electron chi connectivity index (χ3n) is 3.86. The Balaban J connectivity index is 1.93. The molecule has 0 aliphatic heterocycles. The first-order valence-electron chi connectivity index (χ1n) is 5.43. The molecule has 14 heavy (non-hydrogen) atoms. The van der Waals surface area contributed by atoms with Crippen molar-refractivity contribution in [3.05, 3.63) is 35.4 Å². The van der Waals surface area contributed by atoms with E-state index in [2.05, 4.69) is 24.3 Å². The summed E-state index contributed by atoms with van der Waals surface area (Å²) in [6.45, 7) is 0. The highest BCUT2D eigenvalue weighted by Crippen LogP contribution is 2.60. The molecule has 1 saturated carbocycles. The van der Waals surface area contributed by atoms with Gasteiger partial charge in [-0.15, -0.1) is 0 Å². The van der Waals surface area contributed by atoms with E-state index in [1.165, 1.54) is 24.0 Å². The van der Waals surface area contributed by atoms with Gasteiger partial charge in [0.15, 0.2) is 0 Å². The van der Waals surface area contributed by atoms with Gasteiger partial charge in [-0.1, -0.05) is 24.3 Å². The van der Waals surface area contributed by atoms with Gasteiger partial charge in [0.2, 0.25) is 0 Å². The van der Waals surface area contributed by atoms with Crippen LogP contribution in [0.15, 0.2) is 24.3 Å². The number of aryl methyl sites for hydroxylation is 1. The van der Waals surface area contributed by atoms with E-state index < -0.39 is 0 Å². The summed E-state index contributed by atoms with van der Waals surface area (Å²) in [6.07, 6.45) is 4.36. The average Bonchev–Trinajstić information content (AvgIpc) is 2.93. The van der Waals surface area contributed by atoms with Gasteiger partial charge >= 0.3 is 0 Å². The number of aldehydes is 1. The normalized spacial score (nSPS) is 33.0. The first-order valence-corrected chi connectivity index (χ1v) is 5.43. The Hall–Kier alpha value is -1.11. The molecule has 2 aliphatic rings. The minimum Gasteiger partial charge on any atom is -0.303 e. The maximum Gasteiger partial charge on any atom is 0.120 e. The highest BCUT2D eigenvalue weighted by Gasteiger charge is 2.52. The second kappa shape index (κ2) is 2.94. The van der Waals surface area contributed by atoms with Crippen LogP contribution in [-0.2, 0) is 11.2 Å². The van der Waals surface area contributed by atoms with Crippen LogP contribution in [0.1, 0.15) is 29.9 Å². The van der Waals surface area contributed by atoms with Crippen molar-refractivity contribution in [3.8, 4) is 0 Å². The number of hydrogen-bond acceptors (Lipinski definition) is 1. The molecule has 3 rings (SSSR count). The Labute approximate surface area is 84.1 Å². The van der Waals surface area contributed by atoms with E-state index in [1.54, 1.807) is 0 Å². The molecule has 0 aromatic heterocycles. The molecule has 1 fully saturated rings. The number of carbonyl (C=O) groups excluding carboxylic acids is 1. The average molecular weight is 186 g/mol. The van der Waals surface area contributed by atoms with E-state index in [0.29, 0.717) is 11.8 Å². The van der Waals surface area contributed by atoms with Crippen LogP contribution in [0.3, 0.4) is 0 Å². The lowest BCUT2D eigenvalue weighted by atomic mass is 9.92. The molecule has 0 spiro atoms. The lowest BCUT2D eigenvalue weighted by Crippen LogP contribution is -2.00. The lowest BCUT2D eigenvalue weighted by molar-refractivity contribution is -0.108. The van der Waals surface area contributed by atoms with Gasteiger partial charge in [-0.05, 0) is 41.7 Å². The first kappa shape index (κ1) is 8.22. The van der Waals surface area contributed by atoms with Gasteiger partial charge in [-0.2, -0.15) is 0 Å². The molecule has 0 heterocycles. The number of fused-ring (bicyclic) bond motifs is 3. The van der Waals surface area contributed by atoms with Crippen LogP contribution in [0.5, 0.6) is 0 Å². The molecule has 0 radical (unpaired) electrons. The SMILES string of the molecule is O=CCC1C2CCc3ccccc3C12. The van der Waals surface area contributed by atoms with E-state index in [0.717, 1.165) is 18.6 Å². The van der Waals surface area contributed by atoms with Crippen molar-refractivity contribution < 1.29 is 4.79 Å². The van der Waals surface area contributed by atoms with Crippen LogP contribution >= 0.6 is 0 Å². The van der Waals surface area contributed by atoms with Crippen molar-refractivity contribution in [1.82, 2.24) is 0 Å².